The Kier molecular flexibility index (Phi) is 2.63. The van der Waals surface area contributed by atoms with Crippen LogP contribution in [0, 0.1) is 0 Å². The Labute approximate surface area is 86.7 Å². The molecule has 0 spiro atoms. The molecule has 1 aliphatic heterocycles. The van der Waals surface area contributed by atoms with Gasteiger partial charge in [0.15, 0.2) is 5.82 Å². The smallest absolute Gasteiger partial charge is 0.320 e. The monoisotopic (exact) mass is 211 g/mol. The summed E-state index contributed by atoms with van der Waals surface area (Å²) in [5.41, 5.74) is 0. The number of carbonyl (C=O) groups is 1. The molecular formula is C8H13N5O2. The van der Waals surface area contributed by atoms with Crippen LogP contribution in [-0.4, -0.2) is 48.8 Å². The zero-order valence-electron chi connectivity index (χ0n) is 8.50. The molecule has 1 aromatic heterocycles. The largest absolute Gasteiger partial charge is 0.480 e. The van der Waals surface area contributed by atoms with Crippen molar-refractivity contribution >= 4 is 5.97 Å². The van der Waals surface area contributed by atoms with Crippen molar-refractivity contribution in [3.05, 3.63) is 5.82 Å². The average molecular weight is 211 g/mol. The molecule has 2 heterocycles. The minimum absolute atomic E-state index is 0.395. The summed E-state index contributed by atoms with van der Waals surface area (Å²) in [5, 5.41) is 20.5. The standard InChI is InChI=1S/C8H13N5O2/c1-12-10-7(9-11-12)5-13-4-2-3-6(13)8(14)15/h6H,2-5H2,1H3,(H,14,15)/t6-/m1/s1. The fourth-order valence-corrected chi connectivity index (χ4v) is 1.86. The summed E-state index contributed by atoms with van der Waals surface area (Å²) in [6, 6.07) is -0.395. The van der Waals surface area contributed by atoms with Crippen molar-refractivity contribution in [3.63, 3.8) is 0 Å². The Morgan fingerprint density at radius 1 is 1.67 bits per heavy atom. The lowest BCUT2D eigenvalue weighted by Crippen LogP contribution is -2.35. The highest BCUT2D eigenvalue weighted by Crippen LogP contribution is 2.18. The third-order valence-electron chi connectivity index (χ3n) is 2.54. The van der Waals surface area contributed by atoms with Gasteiger partial charge in [-0.15, -0.1) is 10.2 Å². The molecule has 15 heavy (non-hydrogen) atoms. The van der Waals surface area contributed by atoms with E-state index in [1.807, 2.05) is 4.90 Å². The molecule has 7 heteroatoms. The summed E-state index contributed by atoms with van der Waals surface area (Å²) >= 11 is 0. The van der Waals surface area contributed by atoms with Gasteiger partial charge in [-0.1, -0.05) is 0 Å². The number of carboxylic acid groups (broad SMARTS) is 1. The van der Waals surface area contributed by atoms with Gasteiger partial charge in [0.2, 0.25) is 0 Å². The topological polar surface area (TPSA) is 84.1 Å². The summed E-state index contributed by atoms with van der Waals surface area (Å²) in [6.45, 7) is 1.25. The molecule has 82 valence electrons. The van der Waals surface area contributed by atoms with Crippen molar-refractivity contribution in [2.24, 2.45) is 7.05 Å². The van der Waals surface area contributed by atoms with Gasteiger partial charge in [-0.3, -0.25) is 9.69 Å². The van der Waals surface area contributed by atoms with E-state index in [9.17, 15) is 4.79 Å². The first kappa shape index (κ1) is 10.0. The molecule has 0 bridgehead atoms. The molecule has 0 unspecified atom stereocenters. The molecule has 1 atom stereocenters. The molecular weight excluding hydrogens is 198 g/mol. The van der Waals surface area contributed by atoms with Crippen molar-refractivity contribution < 1.29 is 9.90 Å². The van der Waals surface area contributed by atoms with Crippen LogP contribution >= 0.6 is 0 Å². The predicted octanol–water partition coefficient (Wildman–Crippen LogP) is -0.741. The van der Waals surface area contributed by atoms with E-state index in [0.717, 1.165) is 13.0 Å². The zero-order valence-corrected chi connectivity index (χ0v) is 8.50. The third kappa shape index (κ3) is 2.12. The molecule has 0 saturated carbocycles. The SMILES string of the molecule is Cn1nnc(CN2CCC[C@@H]2C(=O)O)n1. The number of nitrogens with zero attached hydrogens (tertiary/aromatic N) is 5. The van der Waals surface area contributed by atoms with Gasteiger partial charge in [-0.2, -0.15) is 4.80 Å². The highest BCUT2D eigenvalue weighted by atomic mass is 16.4. The molecule has 0 amide bonds. The summed E-state index contributed by atoms with van der Waals surface area (Å²) in [4.78, 5) is 14.2. The summed E-state index contributed by atoms with van der Waals surface area (Å²) in [6.07, 6.45) is 1.62. The van der Waals surface area contributed by atoms with Crippen LogP contribution in [0.5, 0.6) is 0 Å². The van der Waals surface area contributed by atoms with E-state index >= 15 is 0 Å². The molecule has 0 radical (unpaired) electrons. The van der Waals surface area contributed by atoms with E-state index in [-0.39, 0.29) is 0 Å². The van der Waals surface area contributed by atoms with Crippen LogP contribution in [0.4, 0.5) is 0 Å². The van der Waals surface area contributed by atoms with Crippen LogP contribution in [0.3, 0.4) is 0 Å². The first-order valence-corrected chi connectivity index (χ1v) is 4.86. The molecule has 1 fully saturated rings. The minimum Gasteiger partial charge on any atom is -0.480 e. The quantitative estimate of drug-likeness (QED) is 0.708. The Balaban J connectivity index is 2.02. The highest BCUT2D eigenvalue weighted by Gasteiger charge is 2.31. The van der Waals surface area contributed by atoms with E-state index in [1.54, 1.807) is 7.05 Å². The third-order valence-corrected chi connectivity index (χ3v) is 2.54. The average Bonchev–Trinajstić information content (AvgIpc) is 2.75. The van der Waals surface area contributed by atoms with Crippen LogP contribution in [0.15, 0.2) is 0 Å². The number of hydrogen-bond acceptors (Lipinski definition) is 5. The highest BCUT2D eigenvalue weighted by molar-refractivity contribution is 5.73. The normalized spacial score (nSPS) is 22.1. The fourth-order valence-electron chi connectivity index (χ4n) is 1.86. The maximum atomic E-state index is 10.9. The van der Waals surface area contributed by atoms with Crippen molar-refractivity contribution in [2.75, 3.05) is 6.54 Å². The number of tetrazole rings is 1. The van der Waals surface area contributed by atoms with Crippen molar-refractivity contribution in [3.8, 4) is 0 Å². The molecule has 1 aliphatic rings. The van der Waals surface area contributed by atoms with Crippen LogP contribution in [0.1, 0.15) is 18.7 Å². The number of hydrogen-bond donors (Lipinski definition) is 1. The minimum atomic E-state index is -0.767. The summed E-state index contributed by atoms with van der Waals surface area (Å²) in [7, 11) is 1.69. The van der Waals surface area contributed by atoms with Crippen molar-refractivity contribution in [1.29, 1.82) is 0 Å². The second kappa shape index (κ2) is 3.93. The molecule has 1 N–H and O–H groups in total. The Bertz CT molecular complexity index is 364. The Hall–Kier alpha value is -1.50. The van der Waals surface area contributed by atoms with Crippen molar-refractivity contribution in [1.82, 2.24) is 25.1 Å². The lowest BCUT2D eigenvalue weighted by molar-refractivity contribution is -0.142. The van der Waals surface area contributed by atoms with Crippen LogP contribution < -0.4 is 0 Å². The van der Waals surface area contributed by atoms with Gasteiger partial charge >= 0.3 is 5.97 Å². The van der Waals surface area contributed by atoms with Gasteiger partial charge in [0.1, 0.15) is 6.04 Å². The number of likely N-dealkylation sites (tertiary alicyclic amines) is 1. The number of carboxylic acids is 1. The Morgan fingerprint density at radius 2 is 2.47 bits per heavy atom. The molecule has 0 aliphatic carbocycles. The van der Waals surface area contributed by atoms with Gasteiger partial charge in [-0.25, -0.2) is 0 Å². The summed E-state index contributed by atoms with van der Waals surface area (Å²) in [5.74, 6) is -0.193. The van der Waals surface area contributed by atoms with Gasteiger partial charge < -0.3 is 5.11 Å². The van der Waals surface area contributed by atoms with Crippen molar-refractivity contribution in [2.45, 2.75) is 25.4 Å². The van der Waals surface area contributed by atoms with E-state index < -0.39 is 12.0 Å². The van der Waals surface area contributed by atoms with Crippen LogP contribution in [-0.2, 0) is 18.4 Å². The number of rotatable bonds is 3. The van der Waals surface area contributed by atoms with E-state index in [1.165, 1.54) is 4.80 Å². The zero-order chi connectivity index (χ0) is 10.8. The molecule has 0 aromatic carbocycles. The second-order valence-corrected chi connectivity index (χ2v) is 3.66. The molecule has 2 rings (SSSR count). The summed E-state index contributed by atoms with van der Waals surface area (Å²) < 4.78 is 0. The molecule has 1 aromatic rings. The lowest BCUT2D eigenvalue weighted by Gasteiger charge is -2.18. The van der Waals surface area contributed by atoms with Gasteiger partial charge in [-0.05, 0) is 24.6 Å². The number of aryl methyl sites for hydroxylation is 1. The fraction of sp³-hybridized carbons (Fsp3) is 0.750. The lowest BCUT2D eigenvalue weighted by atomic mass is 10.2. The maximum Gasteiger partial charge on any atom is 0.320 e. The first-order valence-electron chi connectivity index (χ1n) is 4.86. The second-order valence-electron chi connectivity index (χ2n) is 3.66. The van der Waals surface area contributed by atoms with Crippen LogP contribution in [0.25, 0.3) is 0 Å². The van der Waals surface area contributed by atoms with Gasteiger partial charge in [0, 0.05) is 0 Å². The van der Waals surface area contributed by atoms with Crippen LogP contribution in [0.2, 0.25) is 0 Å². The number of aliphatic carboxylic acids is 1. The van der Waals surface area contributed by atoms with E-state index in [2.05, 4.69) is 15.4 Å². The molecule has 7 nitrogen and oxygen atoms in total. The van der Waals surface area contributed by atoms with Gasteiger partial charge in [0.05, 0.1) is 13.6 Å². The predicted molar refractivity (Wildman–Crippen MR) is 49.9 cm³/mol. The van der Waals surface area contributed by atoms with E-state index in [0.29, 0.717) is 18.8 Å². The van der Waals surface area contributed by atoms with E-state index in [4.69, 9.17) is 5.11 Å². The van der Waals surface area contributed by atoms with Gasteiger partial charge in [0.25, 0.3) is 0 Å². The maximum absolute atomic E-state index is 10.9. The Morgan fingerprint density at radius 3 is 3.07 bits per heavy atom. The number of aromatic nitrogens is 4. The first-order chi connectivity index (χ1) is 7.16. The molecule has 1 saturated heterocycles.